The fourth-order valence-corrected chi connectivity index (χ4v) is 9.40. The molecular formula is C58H36N6O. The first-order chi connectivity index (χ1) is 32.2. The van der Waals surface area contributed by atoms with E-state index in [-0.39, 0.29) is 0 Å². The highest BCUT2D eigenvalue weighted by molar-refractivity contribution is 6.23. The normalized spacial score (nSPS) is 11.7. The minimum atomic E-state index is 0.539. The van der Waals surface area contributed by atoms with Gasteiger partial charge in [0.2, 0.25) is 11.8 Å². The molecule has 0 fully saturated rings. The molecule has 0 spiro atoms. The zero-order valence-corrected chi connectivity index (χ0v) is 34.9. The highest BCUT2D eigenvalue weighted by Crippen LogP contribution is 2.42. The van der Waals surface area contributed by atoms with E-state index in [9.17, 15) is 0 Å². The maximum absolute atomic E-state index is 6.62. The minimum absolute atomic E-state index is 0.539. The summed E-state index contributed by atoms with van der Waals surface area (Å²) in [7, 11) is 0. The summed E-state index contributed by atoms with van der Waals surface area (Å²) in [6.45, 7) is 0. The van der Waals surface area contributed by atoms with E-state index in [1.807, 2.05) is 78.9 Å². The molecule has 0 amide bonds. The largest absolute Gasteiger partial charge is 0.436 e. The zero-order chi connectivity index (χ0) is 42.8. The summed E-state index contributed by atoms with van der Waals surface area (Å²) in [5, 5.41) is 4.45. The number of para-hydroxylation sites is 2. The monoisotopic (exact) mass is 832 g/mol. The van der Waals surface area contributed by atoms with Crippen LogP contribution in [-0.4, -0.2) is 29.1 Å². The van der Waals surface area contributed by atoms with Crippen LogP contribution in [0, 0.1) is 0 Å². The Hall–Kier alpha value is -8.94. The van der Waals surface area contributed by atoms with E-state index >= 15 is 0 Å². The molecule has 13 aromatic rings. The molecule has 0 atom stereocenters. The summed E-state index contributed by atoms with van der Waals surface area (Å²) in [5.41, 5.74) is 13.7. The Morgan fingerprint density at radius 2 is 0.785 bits per heavy atom. The Labute approximate surface area is 373 Å². The van der Waals surface area contributed by atoms with Gasteiger partial charge in [-0.25, -0.2) is 9.97 Å². The lowest BCUT2D eigenvalue weighted by Gasteiger charge is -2.13. The summed E-state index contributed by atoms with van der Waals surface area (Å²) >= 11 is 0. The Morgan fingerprint density at radius 3 is 1.34 bits per heavy atom. The summed E-state index contributed by atoms with van der Waals surface area (Å²) in [6.07, 6.45) is 0. The predicted octanol–water partition coefficient (Wildman–Crippen LogP) is 14.5. The van der Waals surface area contributed by atoms with Crippen molar-refractivity contribution in [3.8, 4) is 68.1 Å². The molecule has 0 saturated heterocycles. The van der Waals surface area contributed by atoms with E-state index in [1.165, 1.54) is 0 Å². The first-order valence-electron chi connectivity index (χ1n) is 21.7. The second kappa shape index (κ2) is 14.9. The van der Waals surface area contributed by atoms with Crippen molar-refractivity contribution >= 4 is 54.7 Å². The van der Waals surface area contributed by atoms with Crippen LogP contribution < -0.4 is 0 Å². The maximum atomic E-state index is 6.62. The molecule has 4 heterocycles. The van der Waals surface area contributed by atoms with Gasteiger partial charge in [-0.1, -0.05) is 170 Å². The topological polar surface area (TPSA) is 74.6 Å². The van der Waals surface area contributed by atoms with E-state index in [1.54, 1.807) is 0 Å². The molecule has 9 aromatic carbocycles. The average Bonchev–Trinajstić information content (AvgIpc) is 4.07. The third-order valence-corrected chi connectivity index (χ3v) is 12.4. The van der Waals surface area contributed by atoms with Gasteiger partial charge in [0.25, 0.3) is 0 Å². The van der Waals surface area contributed by atoms with Crippen molar-refractivity contribution in [3.63, 3.8) is 0 Å². The van der Waals surface area contributed by atoms with Crippen LogP contribution in [0.4, 0.5) is 0 Å². The molecular weight excluding hydrogens is 797 g/mol. The molecule has 0 bridgehead atoms. The number of oxazole rings is 1. The van der Waals surface area contributed by atoms with Crippen LogP contribution in [0.5, 0.6) is 0 Å². The standard InChI is InChI=1S/C58H36N6O/c1-5-17-37(18-6-1)41-33-42(38-19-7-2-8-20-38)35-43(34-41)57-59-49-36-44(29-32-52(49)65-57)63-50-27-15-13-25-45(50)47-30-31-48-46-26-14-16-28-51(46)64(54(48)53(47)63)58-61-55(39-21-9-3-10-22-39)60-56(62-58)40-23-11-4-12-24-40/h1-36H. The number of rotatable bonds is 7. The van der Waals surface area contributed by atoms with Crippen LogP contribution >= 0.6 is 0 Å². The van der Waals surface area contributed by atoms with Gasteiger partial charge in [-0.15, -0.1) is 0 Å². The minimum Gasteiger partial charge on any atom is -0.436 e. The van der Waals surface area contributed by atoms with Gasteiger partial charge in [0, 0.05) is 43.9 Å². The zero-order valence-electron chi connectivity index (χ0n) is 34.9. The van der Waals surface area contributed by atoms with E-state index in [0.717, 1.165) is 93.8 Å². The number of benzene rings is 9. The molecule has 13 rings (SSSR count). The first-order valence-corrected chi connectivity index (χ1v) is 21.7. The Morgan fingerprint density at radius 1 is 0.323 bits per heavy atom. The molecule has 304 valence electrons. The SMILES string of the molecule is c1ccc(-c2cc(-c3ccccc3)cc(-c3nc4cc(-n5c6ccccc6c6ccc7c8ccccc8n(-c8nc(-c9ccccc9)nc(-c9ccccc9)n8)c7c65)ccc4o3)c2)cc1. The fraction of sp³-hybridized carbons (Fsp3) is 0. The molecule has 0 aliphatic heterocycles. The molecule has 0 radical (unpaired) electrons. The fourth-order valence-electron chi connectivity index (χ4n) is 9.40. The van der Waals surface area contributed by atoms with Crippen LogP contribution in [-0.2, 0) is 0 Å². The smallest absolute Gasteiger partial charge is 0.238 e. The number of fused-ring (bicyclic) bond motifs is 8. The van der Waals surface area contributed by atoms with Gasteiger partial charge in [-0.3, -0.25) is 4.57 Å². The summed E-state index contributed by atoms with van der Waals surface area (Å²) in [6, 6.07) is 75.7. The van der Waals surface area contributed by atoms with Gasteiger partial charge in [0.05, 0.1) is 22.1 Å². The van der Waals surface area contributed by atoms with E-state index in [4.69, 9.17) is 24.4 Å². The number of hydrogen-bond acceptors (Lipinski definition) is 5. The lowest BCUT2D eigenvalue weighted by atomic mass is 9.96. The maximum Gasteiger partial charge on any atom is 0.238 e. The average molecular weight is 833 g/mol. The highest BCUT2D eigenvalue weighted by Gasteiger charge is 2.24. The van der Waals surface area contributed by atoms with Gasteiger partial charge in [0.15, 0.2) is 17.2 Å². The van der Waals surface area contributed by atoms with Gasteiger partial charge in [0.1, 0.15) is 5.52 Å². The third-order valence-electron chi connectivity index (χ3n) is 12.4. The van der Waals surface area contributed by atoms with Gasteiger partial charge >= 0.3 is 0 Å². The quantitative estimate of drug-likeness (QED) is 0.160. The van der Waals surface area contributed by atoms with Gasteiger partial charge in [-0.05, 0) is 70.8 Å². The van der Waals surface area contributed by atoms with Crippen LogP contribution in [0.25, 0.3) is 123 Å². The van der Waals surface area contributed by atoms with Crippen molar-refractivity contribution in [1.82, 2.24) is 29.1 Å². The van der Waals surface area contributed by atoms with Crippen molar-refractivity contribution < 1.29 is 4.42 Å². The third kappa shape index (κ3) is 6.13. The van der Waals surface area contributed by atoms with Crippen molar-refractivity contribution in [1.29, 1.82) is 0 Å². The second-order valence-electron chi connectivity index (χ2n) is 16.3. The van der Waals surface area contributed by atoms with Crippen molar-refractivity contribution in [3.05, 3.63) is 218 Å². The van der Waals surface area contributed by atoms with Crippen LogP contribution in [0.3, 0.4) is 0 Å². The molecule has 4 aromatic heterocycles. The molecule has 7 nitrogen and oxygen atoms in total. The van der Waals surface area contributed by atoms with Crippen LogP contribution in [0.15, 0.2) is 223 Å². The van der Waals surface area contributed by atoms with E-state index < -0.39 is 0 Å². The summed E-state index contributed by atoms with van der Waals surface area (Å²) in [5.74, 6) is 2.31. The van der Waals surface area contributed by atoms with Gasteiger partial charge in [-0.2, -0.15) is 9.97 Å². The van der Waals surface area contributed by atoms with Crippen LogP contribution in [0.2, 0.25) is 0 Å². The summed E-state index contributed by atoms with van der Waals surface area (Å²) in [4.78, 5) is 20.8. The number of aromatic nitrogens is 6. The van der Waals surface area contributed by atoms with Gasteiger partial charge < -0.3 is 8.98 Å². The Kier molecular flexibility index (Phi) is 8.39. The predicted molar refractivity (Wildman–Crippen MR) is 263 cm³/mol. The molecule has 0 aliphatic carbocycles. The van der Waals surface area contributed by atoms with Crippen molar-refractivity contribution in [2.45, 2.75) is 0 Å². The van der Waals surface area contributed by atoms with E-state index in [0.29, 0.717) is 29.1 Å². The molecule has 0 N–H and O–H groups in total. The molecule has 0 saturated carbocycles. The number of nitrogens with zero attached hydrogens (tertiary/aromatic N) is 6. The Balaban J connectivity index is 1.05. The molecule has 0 aliphatic rings. The summed E-state index contributed by atoms with van der Waals surface area (Å²) < 4.78 is 11.2. The highest BCUT2D eigenvalue weighted by atomic mass is 16.3. The Bertz CT molecular complexity index is 3810. The first kappa shape index (κ1) is 36.7. The lowest BCUT2D eigenvalue weighted by molar-refractivity contribution is 0.620. The lowest BCUT2D eigenvalue weighted by Crippen LogP contribution is -2.07. The van der Waals surface area contributed by atoms with E-state index in [2.05, 4.69) is 149 Å². The molecule has 65 heavy (non-hydrogen) atoms. The second-order valence-corrected chi connectivity index (χ2v) is 16.3. The number of hydrogen-bond donors (Lipinski definition) is 0. The molecule has 7 heteroatoms. The molecule has 0 unspecified atom stereocenters. The van der Waals surface area contributed by atoms with Crippen LogP contribution in [0.1, 0.15) is 0 Å². The van der Waals surface area contributed by atoms with Crippen molar-refractivity contribution in [2.75, 3.05) is 0 Å². The van der Waals surface area contributed by atoms with Crippen molar-refractivity contribution in [2.24, 2.45) is 0 Å².